The van der Waals surface area contributed by atoms with Gasteiger partial charge in [-0.2, -0.15) is 5.26 Å². The van der Waals surface area contributed by atoms with Crippen LogP contribution in [0.1, 0.15) is 50.2 Å². The Bertz CT molecular complexity index is 784. The first kappa shape index (κ1) is 18.4. The lowest BCUT2D eigenvalue weighted by molar-refractivity contribution is -0.138. The third kappa shape index (κ3) is 3.07. The summed E-state index contributed by atoms with van der Waals surface area (Å²) in [5.74, 6) is -1.75. The Morgan fingerprint density at radius 2 is 2.00 bits per heavy atom. The number of carboxylic acid groups (broad SMARTS) is 1. The average Bonchev–Trinajstić information content (AvgIpc) is 2.68. The van der Waals surface area contributed by atoms with E-state index in [0.717, 1.165) is 32.1 Å². The minimum atomic E-state index is -1.06. The number of hydrogen-bond acceptors (Lipinski definition) is 2. The van der Waals surface area contributed by atoms with Gasteiger partial charge in [0.2, 0.25) is 0 Å². The van der Waals surface area contributed by atoms with E-state index in [4.69, 9.17) is 0 Å². The molecule has 26 heavy (non-hydrogen) atoms. The quantitative estimate of drug-likeness (QED) is 0.763. The van der Waals surface area contributed by atoms with Gasteiger partial charge in [0.05, 0.1) is 23.0 Å². The smallest absolute Gasteiger partial charge is 0.314 e. The molecule has 1 saturated carbocycles. The van der Waals surface area contributed by atoms with Crippen molar-refractivity contribution < 1.29 is 14.3 Å². The van der Waals surface area contributed by atoms with Crippen molar-refractivity contribution in [3.05, 3.63) is 59.4 Å². The Kier molecular flexibility index (Phi) is 5.27. The van der Waals surface area contributed by atoms with E-state index in [-0.39, 0.29) is 5.92 Å². The summed E-state index contributed by atoms with van der Waals surface area (Å²) in [6, 6.07) is 9.30. The van der Waals surface area contributed by atoms with E-state index in [0.29, 0.717) is 17.0 Å². The molecule has 1 N–H and O–H groups in total. The molecule has 0 amide bonds. The van der Waals surface area contributed by atoms with Crippen LogP contribution in [0, 0.1) is 29.1 Å². The van der Waals surface area contributed by atoms with Crippen LogP contribution in [0.2, 0.25) is 0 Å². The molecule has 0 saturated heterocycles. The van der Waals surface area contributed by atoms with Crippen molar-refractivity contribution in [3.63, 3.8) is 0 Å². The lowest BCUT2D eigenvalue weighted by Crippen LogP contribution is -2.39. The molecule has 136 valence electrons. The lowest BCUT2D eigenvalue weighted by atomic mass is 9.60. The highest BCUT2D eigenvalue weighted by molar-refractivity contribution is 5.75. The Morgan fingerprint density at radius 3 is 2.58 bits per heavy atom. The summed E-state index contributed by atoms with van der Waals surface area (Å²) in [6.07, 6.45) is 9.47. The topological polar surface area (TPSA) is 61.1 Å². The molecule has 2 unspecified atom stereocenters. The average molecular weight is 353 g/mol. The number of carbonyl (C=O) groups is 1. The van der Waals surface area contributed by atoms with Crippen molar-refractivity contribution in [1.29, 1.82) is 5.26 Å². The number of rotatable bonds is 4. The summed E-state index contributed by atoms with van der Waals surface area (Å²) in [5.41, 5.74) is 0.0696. The third-order valence-electron chi connectivity index (χ3n) is 6.13. The molecule has 1 aromatic carbocycles. The molecule has 2 aliphatic rings. The van der Waals surface area contributed by atoms with Gasteiger partial charge >= 0.3 is 5.97 Å². The molecule has 4 heteroatoms. The van der Waals surface area contributed by atoms with Gasteiger partial charge in [-0.3, -0.25) is 4.79 Å². The number of hydrogen-bond donors (Lipinski definition) is 1. The molecule has 3 rings (SSSR count). The standard InChI is InChI=1S/C22H24FNO2/c1-2-15-7-9-18(10-8-15)22(19-6-4-3-5-17(19)14-24)12-11-16(21(25)26)13-20(22)23/h3-6,11-13,15-16,18H,2,7-10H2,1H3,(H,25,26). The Hall–Kier alpha value is -2.41. The number of allylic oxidation sites excluding steroid dienone is 2. The Morgan fingerprint density at radius 1 is 1.31 bits per heavy atom. The molecule has 0 aromatic heterocycles. The van der Waals surface area contributed by atoms with E-state index in [1.165, 1.54) is 6.08 Å². The van der Waals surface area contributed by atoms with Gasteiger partial charge in [0.15, 0.2) is 0 Å². The molecule has 1 aromatic rings. The molecular weight excluding hydrogens is 329 g/mol. The van der Waals surface area contributed by atoms with E-state index in [9.17, 15) is 15.2 Å². The molecule has 0 radical (unpaired) electrons. The minimum absolute atomic E-state index is 0.0297. The highest BCUT2D eigenvalue weighted by Gasteiger charge is 2.47. The predicted octanol–water partition coefficient (Wildman–Crippen LogP) is 5.14. The van der Waals surface area contributed by atoms with Gasteiger partial charge in [-0.25, -0.2) is 4.39 Å². The third-order valence-corrected chi connectivity index (χ3v) is 6.13. The fourth-order valence-corrected chi connectivity index (χ4v) is 4.58. The van der Waals surface area contributed by atoms with Crippen molar-refractivity contribution in [2.24, 2.45) is 17.8 Å². The second-order valence-electron chi connectivity index (χ2n) is 7.39. The normalized spacial score (nSPS) is 31.1. The van der Waals surface area contributed by atoms with Gasteiger partial charge in [0.25, 0.3) is 0 Å². The number of benzene rings is 1. The molecule has 2 atom stereocenters. The SMILES string of the molecule is CCC1CCC(C2(c3ccccc3C#N)C=CC(C(=O)O)C=C2F)CC1. The second-order valence-corrected chi connectivity index (χ2v) is 7.39. The number of nitriles is 1. The maximum atomic E-state index is 15.5. The van der Waals surface area contributed by atoms with Crippen molar-refractivity contribution in [2.75, 3.05) is 0 Å². The summed E-state index contributed by atoms with van der Waals surface area (Å²) >= 11 is 0. The molecule has 2 aliphatic carbocycles. The number of halogens is 1. The van der Waals surface area contributed by atoms with Crippen LogP contribution in [0.15, 0.2) is 48.3 Å². The molecule has 3 nitrogen and oxygen atoms in total. The van der Waals surface area contributed by atoms with Crippen molar-refractivity contribution in [2.45, 2.75) is 44.4 Å². The van der Waals surface area contributed by atoms with Crippen LogP contribution in [0.3, 0.4) is 0 Å². The van der Waals surface area contributed by atoms with E-state index in [1.807, 2.05) is 12.1 Å². The van der Waals surface area contributed by atoms with Crippen LogP contribution < -0.4 is 0 Å². The van der Waals surface area contributed by atoms with E-state index >= 15 is 4.39 Å². The Balaban J connectivity index is 2.09. The Labute approximate surface area is 153 Å². The number of aliphatic carboxylic acids is 1. The zero-order chi connectivity index (χ0) is 18.7. The zero-order valence-corrected chi connectivity index (χ0v) is 15.0. The van der Waals surface area contributed by atoms with Crippen LogP contribution >= 0.6 is 0 Å². The van der Waals surface area contributed by atoms with Gasteiger partial charge in [-0.1, -0.05) is 56.5 Å². The minimum Gasteiger partial charge on any atom is -0.481 e. The van der Waals surface area contributed by atoms with E-state index < -0.39 is 23.1 Å². The van der Waals surface area contributed by atoms with Crippen molar-refractivity contribution in [3.8, 4) is 6.07 Å². The molecule has 1 fully saturated rings. The van der Waals surface area contributed by atoms with Gasteiger partial charge in [-0.05, 0) is 42.4 Å². The molecule has 0 spiro atoms. The fraction of sp³-hybridized carbons (Fsp3) is 0.455. The molecular formula is C22H24FNO2. The second kappa shape index (κ2) is 7.45. The number of nitrogens with zero attached hydrogens (tertiary/aromatic N) is 1. The maximum absolute atomic E-state index is 15.5. The summed E-state index contributed by atoms with van der Waals surface area (Å²) in [5, 5.41) is 18.8. The van der Waals surface area contributed by atoms with Crippen LogP contribution in [0.25, 0.3) is 0 Å². The van der Waals surface area contributed by atoms with Crippen LogP contribution in [-0.2, 0) is 10.2 Å². The van der Waals surface area contributed by atoms with Gasteiger partial charge in [0, 0.05) is 0 Å². The van der Waals surface area contributed by atoms with Crippen LogP contribution in [-0.4, -0.2) is 11.1 Å². The fourth-order valence-electron chi connectivity index (χ4n) is 4.58. The maximum Gasteiger partial charge on any atom is 0.314 e. The van der Waals surface area contributed by atoms with E-state index in [1.54, 1.807) is 24.3 Å². The molecule has 0 aliphatic heterocycles. The van der Waals surface area contributed by atoms with Gasteiger partial charge in [0.1, 0.15) is 5.83 Å². The highest BCUT2D eigenvalue weighted by atomic mass is 19.1. The highest BCUT2D eigenvalue weighted by Crippen LogP contribution is 2.51. The molecule has 0 bridgehead atoms. The van der Waals surface area contributed by atoms with E-state index in [2.05, 4.69) is 13.0 Å². The first-order valence-electron chi connectivity index (χ1n) is 9.32. The first-order valence-corrected chi connectivity index (χ1v) is 9.32. The van der Waals surface area contributed by atoms with Crippen molar-refractivity contribution in [1.82, 2.24) is 0 Å². The summed E-state index contributed by atoms with van der Waals surface area (Å²) in [6.45, 7) is 2.18. The van der Waals surface area contributed by atoms with Gasteiger partial charge in [-0.15, -0.1) is 0 Å². The summed E-state index contributed by atoms with van der Waals surface area (Å²) in [4.78, 5) is 11.3. The zero-order valence-electron chi connectivity index (χ0n) is 15.0. The van der Waals surface area contributed by atoms with Crippen LogP contribution in [0.4, 0.5) is 4.39 Å². The lowest BCUT2D eigenvalue weighted by Gasteiger charge is -2.43. The summed E-state index contributed by atoms with van der Waals surface area (Å²) < 4.78 is 15.5. The van der Waals surface area contributed by atoms with Crippen molar-refractivity contribution >= 4 is 5.97 Å². The summed E-state index contributed by atoms with van der Waals surface area (Å²) in [7, 11) is 0. The largest absolute Gasteiger partial charge is 0.481 e. The van der Waals surface area contributed by atoms with Gasteiger partial charge < -0.3 is 5.11 Å². The monoisotopic (exact) mass is 353 g/mol. The van der Waals surface area contributed by atoms with Crippen LogP contribution in [0.5, 0.6) is 0 Å². The first-order chi connectivity index (χ1) is 12.5. The predicted molar refractivity (Wildman–Crippen MR) is 98.0 cm³/mol. The number of carboxylic acids is 1. The molecule has 0 heterocycles.